The van der Waals surface area contributed by atoms with Crippen LogP contribution in [0.5, 0.6) is 0 Å². The van der Waals surface area contributed by atoms with Gasteiger partial charge in [0.25, 0.3) is 5.78 Å². The number of hydrogen-bond donors (Lipinski definition) is 1. The summed E-state index contributed by atoms with van der Waals surface area (Å²) in [6, 6.07) is 1.42. The third-order valence-corrected chi connectivity index (χ3v) is 2.20. The largest absolute Gasteiger partial charge is 0.364 e. The Morgan fingerprint density at radius 2 is 2.17 bits per heavy atom. The molecule has 0 radical (unpaired) electrons. The van der Waals surface area contributed by atoms with E-state index in [1.807, 2.05) is 0 Å². The van der Waals surface area contributed by atoms with Crippen LogP contribution in [0.25, 0.3) is 5.78 Å². The molecule has 0 saturated heterocycles. The molecular formula is C9H9F4N5. The maximum absolute atomic E-state index is 12.8. The molecule has 9 heteroatoms. The fourth-order valence-corrected chi connectivity index (χ4v) is 1.34. The lowest BCUT2D eigenvalue weighted by Gasteiger charge is -2.16. The highest BCUT2D eigenvalue weighted by Gasteiger charge is 2.40. The fraction of sp³-hybridized carbons (Fsp3) is 0.444. The Morgan fingerprint density at radius 3 is 2.83 bits per heavy atom. The molecule has 0 aromatic carbocycles. The van der Waals surface area contributed by atoms with Gasteiger partial charge in [-0.2, -0.15) is 23.4 Å². The van der Waals surface area contributed by atoms with E-state index < -0.39 is 18.9 Å². The fourth-order valence-electron chi connectivity index (χ4n) is 1.34. The lowest BCUT2D eigenvalue weighted by Crippen LogP contribution is -2.35. The first kappa shape index (κ1) is 12.5. The van der Waals surface area contributed by atoms with Crippen molar-refractivity contribution in [3.63, 3.8) is 0 Å². The van der Waals surface area contributed by atoms with E-state index in [0.717, 1.165) is 4.52 Å². The minimum absolute atomic E-state index is 0.135. The highest BCUT2D eigenvalue weighted by Crippen LogP contribution is 2.23. The molecule has 0 spiro atoms. The molecule has 0 aliphatic carbocycles. The third-order valence-electron chi connectivity index (χ3n) is 2.20. The highest BCUT2D eigenvalue weighted by atomic mass is 19.3. The van der Waals surface area contributed by atoms with Crippen LogP contribution in [0.4, 0.5) is 23.4 Å². The zero-order valence-electron chi connectivity index (χ0n) is 9.24. The molecule has 2 heterocycles. The van der Waals surface area contributed by atoms with Crippen molar-refractivity contribution < 1.29 is 17.6 Å². The Hall–Kier alpha value is -1.93. The van der Waals surface area contributed by atoms with Crippen molar-refractivity contribution in [1.82, 2.24) is 19.6 Å². The van der Waals surface area contributed by atoms with Crippen molar-refractivity contribution in [3.8, 4) is 0 Å². The maximum atomic E-state index is 12.8. The van der Waals surface area contributed by atoms with E-state index >= 15 is 0 Å². The van der Waals surface area contributed by atoms with Gasteiger partial charge in [0.1, 0.15) is 12.1 Å². The van der Waals surface area contributed by atoms with E-state index in [0.29, 0.717) is 5.69 Å². The predicted octanol–water partition coefficient (Wildman–Crippen LogP) is 1.75. The van der Waals surface area contributed by atoms with Crippen molar-refractivity contribution in [2.24, 2.45) is 0 Å². The van der Waals surface area contributed by atoms with E-state index in [-0.39, 0.29) is 11.6 Å². The standard InChI is InChI=1S/C9H9F4N5/c1-5-2-6(14-3-9(12,13)7(10)11)18-8(17-5)15-4-16-18/h2,4,7,14H,3H2,1H3. The van der Waals surface area contributed by atoms with Crippen molar-refractivity contribution in [2.45, 2.75) is 19.3 Å². The molecule has 98 valence electrons. The first-order chi connectivity index (χ1) is 8.40. The van der Waals surface area contributed by atoms with E-state index in [4.69, 9.17) is 0 Å². The van der Waals surface area contributed by atoms with Crippen LogP contribution in [0, 0.1) is 6.92 Å². The molecule has 0 bridgehead atoms. The quantitative estimate of drug-likeness (QED) is 0.854. The minimum atomic E-state index is -4.11. The van der Waals surface area contributed by atoms with Gasteiger partial charge in [-0.1, -0.05) is 0 Å². The predicted molar refractivity (Wildman–Crippen MR) is 55.0 cm³/mol. The summed E-state index contributed by atoms with van der Waals surface area (Å²) in [5, 5.41) is 5.98. The van der Waals surface area contributed by atoms with Crippen LogP contribution < -0.4 is 5.32 Å². The summed E-state index contributed by atoms with van der Waals surface area (Å²) in [6.45, 7) is 0.439. The molecule has 2 rings (SSSR count). The summed E-state index contributed by atoms with van der Waals surface area (Å²) in [7, 11) is 0. The summed E-state index contributed by atoms with van der Waals surface area (Å²) < 4.78 is 50.8. The monoisotopic (exact) mass is 263 g/mol. The molecule has 5 nitrogen and oxygen atoms in total. The molecule has 0 atom stereocenters. The second-order valence-electron chi connectivity index (χ2n) is 3.67. The van der Waals surface area contributed by atoms with Gasteiger partial charge in [0, 0.05) is 11.8 Å². The van der Waals surface area contributed by atoms with Crippen LogP contribution in [0.1, 0.15) is 5.69 Å². The zero-order valence-corrected chi connectivity index (χ0v) is 9.24. The molecule has 0 aliphatic rings. The SMILES string of the molecule is Cc1cc(NCC(F)(F)C(F)F)n2ncnc2n1. The number of alkyl halides is 4. The number of rotatable bonds is 4. The van der Waals surface area contributed by atoms with Gasteiger partial charge in [-0.15, -0.1) is 0 Å². The Kier molecular flexibility index (Phi) is 3.05. The van der Waals surface area contributed by atoms with Crippen LogP contribution in [0.15, 0.2) is 12.4 Å². The van der Waals surface area contributed by atoms with E-state index in [2.05, 4.69) is 20.4 Å². The number of aryl methyl sites for hydroxylation is 1. The first-order valence-corrected chi connectivity index (χ1v) is 4.97. The summed E-state index contributed by atoms with van der Waals surface area (Å²) in [4.78, 5) is 7.77. The summed E-state index contributed by atoms with van der Waals surface area (Å²) >= 11 is 0. The molecular weight excluding hydrogens is 254 g/mol. The molecule has 2 aromatic heterocycles. The molecule has 0 amide bonds. The van der Waals surface area contributed by atoms with Gasteiger partial charge in [0.05, 0.1) is 6.54 Å². The number of hydrogen-bond acceptors (Lipinski definition) is 4. The van der Waals surface area contributed by atoms with Crippen molar-refractivity contribution in [2.75, 3.05) is 11.9 Å². The number of halogens is 4. The average Bonchev–Trinajstić information content (AvgIpc) is 2.73. The van der Waals surface area contributed by atoms with Gasteiger partial charge in [-0.25, -0.2) is 13.8 Å². The van der Waals surface area contributed by atoms with Gasteiger partial charge in [-0.05, 0) is 6.92 Å². The van der Waals surface area contributed by atoms with Crippen LogP contribution in [-0.4, -0.2) is 38.5 Å². The Balaban J connectivity index is 2.24. The smallest absolute Gasteiger partial charge is 0.324 e. The Labute approximate surface area is 98.8 Å². The molecule has 18 heavy (non-hydrogen) atoms. The number of nitrogens with zero attached hydrogens (tertiary/aromatic N) is 4. The van der Waals surface area contributed by atoms with E-state index in [1.54, 1.807) is 6.92 Å². The molecule has 0 saturated carbocycles. The number of fused-ring (bicyclic) bond motifs is 1. The van der Waals surface area contributed by atoms with Gasteiger partial charge >= 0.3 is 12.3 Å². The minimum Gasteiger partial charge on any atom is -0.364 e. The second-order valence-corrected chi connectivity index (χ2v) is 3.67. The molecule has 0 fully saturated rings. The van der Waals surface area contributed by atoms with E-state index in [1.165, 1.54) is 12.4 Å². The van der Waals surface area contributed by atoms with Gasteiger partial charge in [0.2, 0.25) is 0 Å². The third kappa shape index (κ3) is 2.34. The number of nitrogens with one attached hydrogen (secondary N) is 1. The number of anilines is 1. The normalized spacial score (nSPS) is 12.3. The molecule has 1 N–H and O–H groups in total. The molecule has 0 aliphatic heterocycles. The van der Waals surface area contributed by atoms with Crippen molar-refractivity contribution in [1.29, 1.82) is 0 Å². The van der Waals surface area contributed by atoms with Crippen molar-refractivity contribution >= 4 is 11.6 Å². The summed E-state index contributed by atoms with van der Waals surface area (Å²) in [5.41, 5.74) is 0.512. The molecule has 0 unspecified atom stereocenters. The Bertz CT molecular complexity index is 553. The van der Waals surface area contributed by atoms with Gasteiger partial charge in [-0.3, -0.25) is 0 Å². The van der Waals surface area contributed by atoms with Crippen molar-refractivity contribution in [3.05, 3.63) is 18.1 Å². The van der Waals surface area contributed by atoms with Crippen LogP contribution in [0.3, 0.4) is 0 Å². The lowest BCUT2D eigenvalue weighted by atomic mass is 10.3. The van der Waals surface area contributed by atoms with Crippen LogP contribution in [-0.2, 0) is 0 Å². The second kappa shape index (κ2) is 4.39. The summed E-state index contributed by atoms with van der Waals surface area (Å²) in [5.74, 6) is -3.77. The lowest BCUT2D eigenvalue weighted by molar-refractivity contribution is -0.117. The average molecular weight is 263 g/mol. The molecule has 2 aromatic rings. The van der Waals surface area contributed by atoms with Crippen LogP contribution >= 0.6 is 0 Å². The van der Waals surface area contributed by atoms with Crippen LogP contribution in [0.2, 0.25) is 0 Å². The van der Waals surface area contributed by atoms with Gasteiger partial charge in [0.15, 0.2) is 0 Å². The summed E-state index contributed by atoms with van der Waals surface area (Å²) in [6.07, 6.45) is -2.53. The number of aromatic nitrogens is 4. The topological polar surface area (TPSA) is 55.1 Å². The van der Waals surface area contributed by atoms with E-state index in [9.17, 15) is 17.6 Å². The highest BCUT2D eigenvalue weighted by molar-refractivity contribution is 5.44. The maximum Gasteiger partial charge on any atom is 0.324 e. The zero-order chi connectivity index (χ0) is 13.3. The first-order valence-electron chi connectivity index (χ1n) is 4.97. The Morgan fingerprint density at radius 1 is 1.44 bits per heavy atom. The van der Waals surface area contributed by atoms with Gasteiger partial charge < -0.3 is 5.32 Å².